The van der Waals surface area contributed by atoms with Gasteiger partial charge in [0.15, 0.2) is 0 Å². The molecular weight excluding hydrogens is 385 g/mol. The topological polar surface area (TPSA) is 64.6 Å². The van der Waals surface area contributed by atoms with Crippen LogP contribution in [0.1, 0.15) is 16.7 Å². The minimum atomic E-state index is -0.920. The number of alkyl carbamates (subject to hydrolysis) is 1. The molecule has 0 aliphatic rings. The number of carbonyl (C=O) groups excluding carboxylic acids is 2. The van der Waals surface area contributed by atoms with E-state index in [0.717, 1.165) is 11.1 Å². The van der Waals surface area contributed by atoms with Crippen LogP contribution in [-0.2, 0) is 33.9 Å². The number of hydrogen-bond donors (Lipinski definition) is 1. The summed E-state index contributed by atoms with van der Waals surface area (Å²) in [5.41, 5.74) is 2.35. The first kappa shape index (κ1) is 21.0. The summed E-state index contributed by atoms with van der Waals surface area (Å²) in [6.45, 7) is 0.0699. The molecule has 0 fully saturated rings. The van der Waals surface area contributed by atoms with Gasteiger partial charge in [0.1, 0.15) is 25.1 Å². The number of rotatable bonds is 8. The summed E-state index contributed by atoms with van der Waals surface area (Å²) in [6, 6.07) is 23.3. The molecule has 3 aromatic rings. The Morgan fingerprint density at radius 3 is 1.90 bits per heavy atom. The first-order valence-corrected chi connectivity index (χ1v) is 9.52. The first-order valence-electron chi connectivity index (χ1n) is 9.52. The molecule has 1 amide bonds. The van der Waals surface area contributed by atoms with Crippen molar-refractivity contribution in [1.82, 2.24) is 5.32 Å². The highest BCUT2D eigenvalue weighted by molar-refractivity contribution is 5.81. The standard InChI is InChI=1S/C24H22FNO4/c25-21-13-11-20(12-14-21)16-29-23(27)22(15-18-7-3-1-4-8-18)26-24(28)30-17-19-9-5-2-6-10-19/h1-14,22H,15-17H2,(H,26,28)/t22-/m0/s1. The van der Waals surface area contributed by atoms with Crippen molar-refractivity contribution in [2.75, 3.05) is 0 Å². The minimum Gasteiger partial charge on any atom is -0.459 e. The normalized spacial score (nSPS) is 11.4. The van der Waals surface area contributed by atoms with Crippen molar-refractivity contribution >= 4 is 12.1 Å². The van der Waals surface area contributed by atoms with Gasteiger partial charge in [-0.15, -0.1) is 0 Å². The van der Waals surface area contributed by atoms with Gasteiger partial charge in [-0.25, -0.2) is 14.0 Å². The van der Waals surface area contributed by atoms with E-state index < -0.39 is 18.1 Å². The van der Waals surface area contributed by atoms with Gasteiger partial charge < -0.3 is 14.8 Å². The van der Waals surface area contributed by atoms with Gasteiger partial charge in [-0.05, 0) is 28.8 Å². The van der Waals surface area contributed by atoms with E-state index in [4.69, 9.17) is 9.47 Å². The van der Waals surface area contributed by atoms with E-state index in [1.165, 1.54) is 24.3 Å². The number of carbonyl (C=O) groups is 2. The van der Waals surface area contributed by atoms with E-state index in [0.29, 0.717) is 5.56 Å². The zero-order valence-electron chi connectivity index (χ0n) is 16.3. The Labute approximate surface area is 174 Å². The lowest BCUT2D eigenvalue weighted by atomic mass is 10.1. The third-order valence-corrected chi connectivity index (χ3v) is 4.37. The van der Waals surface area contributed by atoms with Crippen molar-refractivity contribution in [2.45, 2.75) is 25.7 Å². The summed E-state index contributed by atoms with van der Waals surface area (Å²) in [6.07, 6.45) is -0.456. The third kappa shape index (κ3) is 6.74. The molecule has 0 aliphatic carbocycles. The molecule has 0 heterocycles. The third-order valence-electron chi connectivity index (χ3n) is 4.37. The van der Waals surface area contributed by atoms with Crippen LogP contribution in [0.4, 0.5) is 9.18 Å². The second-order valence-electron chi connectivity index (χ2n) is 6.68. The van der Waals surface area contributed by atoms with Gasteiger partial charge in [-0.3, -0.25) is 0 Å². The summed E-state index contributed by atoms with van der Waals surface area (Å²) in [5, 5.41) is 2.59. The van der Waals surface area contributed by atoms with Gasteiger partial charge in [0.25, 0.3) is 0 Å². The first-order chi connectivity index (χ1) is 14.6. The van der Waals surface area contributed by atoms with Crippen LogP contribution >= 0.6 is 0 Å². The van der Waals surface area contributed by atoms with Crippen molar-refractivity contribution in [3.8, 4) is 0 Å². The zero-order chi connectivity index (χ0) is 21.2. The number of amides is 1. The highest BCUT2D eigenvalue weighted by Crippen LogP contribution is 2.09. The Balaban J connectivity index is 1.60. The molecule has 0 spiro atoms. The van der Waals surface area contributed by atoms with Crippen molar-refractivity contribution in [1.29, 1.82) is 0 Å². The van der Waals surface area contributed by atoms with Crippen LogP contribution < -0.4 is 5.32 Å². The highest BCUT2D eigenvalue weighted by Gasteiger charge is 2.23. The molecule has 0 saturated carbocycles. The molecule has 0 unspecified atom stereocenters. The van der Waals surface area contributed by atoms with Gasteiger partial charge in [-0.2, -0.15) is 0 Å². The molecule has 154 valence electrons. The number of esters is 1. The number of ether oxygens (including phenoxy) is 2. The van der Waals surface area contributed by atoms with Crippen molar-refractivity contribution in [3.05, 3.63) is 107 Å². The van der Waals surface area contributed by atoms with Gasteiger partial charge in [0.05, 0.1) is 0 Å². The molecule has 0 bridgehead atoms. The Morgan fingerprint density at radius 1 is 0.733 bits per heavy atom. The maximum Gasteiger partial charge on any atom is 0.408 e. The van der Waals surface area contributed by atoms with Crippen LogP contribution in [0, 0.1) is 5.82 Å². The average molecular weight is 407 g/mol. The molecule has 0 saturated heterocycles. The fourth-order valence-corrected chi connectivity index (χ4v) is 2.79. The number of halogens is 1. The van der Waals surface area contributed by atoms with Crippen LogP contribution in [0.5, 0.6) is 0 Å². The predicted octanol–water partition coefficient (Wildman–Crippen LogP) is 4.41. The highest BCUT2D eigenvalue weighted by atomic mass is 19.1. The van der Waals surface area contributed by atoms with E-state index >= 15 is 0 Å². The van der Waals surface area contributed by atoms with E-state index in [1.807, 2.05) is 60.7 Å². The number of hydrogen-bond acceptors (Lipinski definition) is 4. The predicted molar refractivity (Wildman–Crippen MR) is 110 cm³/mol. The lowest BCUT2D eigenvalue weighted by molar-refractivity contribution is -0.147. The van der Waals surface area contributed by atoms with E-state index in [2.05, 4.69) is 5.32 Å². The van der Waals surface area contributed by atoms with Crippen LogP contribution in [-0.4, -0.2) is 18.1 Å². The fraction of sp³-hybridized carbons (Fsp3) is 0.167. The van der Waals surface area contributed by atoms with Crippen molar-refractivity contribution in [3.63, 3.8) is 0 Å². The zero-order valence-corrected chi connectivity index (χ0v) is 16.3. The second-order valence-corrected chi connectivity index (χ2v) is 6.68. The molecule has 0 radical (unpaired) electrons. The largest absolute Gasteiger partial charge is 0.459 e. The molecule has 6 heteroatoms. The monoisotopic (exact) mass is 407 g/mol. The molecule has 0 aliphatic heterocycles. The van der Waals surface area contributed by atoms with Gasteiger partial charge in [0, 0.05) is 6.42 Å². The maximum absolute atomic E-state index is 13.0. The smallest absolute Gasteiger partial charge is 0.408 e. The number of benzene rings is 3. The van der Waals surface area contributed by atoms with Gasteiger partial charge in [-0.1, -0.05) is 72.8 Å². The van der Waals surface area contributed by atoms with E-state index in [-0.39, 0.29) is 25.5 Å². The Morgan fingerprint density at radius 2 is 1.27 bits per heavy atom. The molecule has 1 atom stereocenters. The molecule has 30 heavy (non-hydrogen) atoms. The lowest BCUT2D eigenvalue weighted by Gasteiger charge is -2.18. The van der Waals surface area contributed by atoms with Gasteiger partial charge >= 0.3 is 12.1 Å². The van der Waals surface area contributed by atoms with Crippen molar-refractivity contribution in [2.24, 2.45) is 0 Å². The molecule has 1 N–H and O–H groups in total. The molecule has 3 rings (SSSR count). The van der Waals surface area contributed by atoms with Crippen LogP contribution in [0.2, 0.25) is 0 Å². The fourth-order valence-electron chi connectivity index (χ4n) is 2.79. The summed E-state index contributed by atoms with van der Waals surface area (Å²) in [4.78, 5) is 24.9. The molecular formula is C24H22FNO4. The summed E-state index contributed by atoms with van der Waals surface area (Å²) in [5.74, 6) is -0.963. The quantitative estimate of drug-likeness (QED) is 0.562. The molecule has 5 nitrogen and oxygen atoms in total. The maximum atomic E-state index is 13.0. The van der Waals surface area contributed by atoms with E-state index in [1.54, 1.807) is 0 Å². The summed E-state index contributed by atoms with van der Waals surface area (Å²) in [7, 11) is 0. The van der Waals surface area contributed by atoms with Crippen LogP contribution in [0.3, 0.4) is 0 Å². The SMILES string of the molecule is O=C(N[C@@H](Cc1ccccc1)C(=O)OCc1ccc(F)cc1)OCc1ccccc1. The molecule has 0 aromatic heterocycles. The number of nitrogens with one attached hydrogen (secondary N) is 1. The summed E-state index contributed by atoms with van der Waals surface area (Å²) >= 11 is 0. The summed E-state index contributed by atoms with van der Waals surface area (Å²) < 4.78 is 23.6. The Hall–Kier alpha value is -3.67. The van der Waals surface area contributed by atoms with E-state index in [9.17, 15) is 14.0 Å². The minimum absolute atomic E-state index is 0.0227. The Kier molecular flexibility index (Phi) is 7.55. The Bertz CT molecular complexity index is 946. The van der Waals surface area contributed by atoms with Gasteiger partial charge in [0.2, 0.25) is 0 Å². The second kappa shape index (κ2) is 10.8. The van der Waals surface area contributed by atoms with Crippen LogP contribution in [0.15, 0.2) is 84.9 Å². The van der Waals surface area contributed by atoms with Crippen LogP contribution in [0.25, 0.3) is 0 Å². The average Bonchev–Trinajstić information content (AvgIpc) is 2.78. The molecule has 3 aromatic carbocycles. The van der Waals surface area contributed by atoms with Crippen molar-refractivity contribution < 1.29 is 23.5 Å². The lowest BCUT2D eigenvalue weighted by Crippen LogP contribution is -2.43.